The SMILES string of the molecule is O=C(Nc1noc2ccccc12)N1CCNCC1.O=C(O)C(F)(F)F. The number of hydrogen-bond donors (Lipinski definition) is 3. The number of carbonyl (C=O) groups is 2. The van der Waals surface area contributed by atoms with Gasteiger partial charge >= 0.3 is 18.2 Å². The Morgan fingerprint density at radius 1 is 1.24 bits per heavy atom. The van der Waals surface area contributed by atoms with E-state index in [2.05, 4.69) is 15.8 Å². The number of halogens is 3. The van der Waals surface area contributed by atoms with Crippen LogP contribution in [0.15, 0.2) is 28.8 Å². The Morgan fingerprint density at radius 3 is 2.44 bits per heavy atom. The first-order valence-corrected chi connectivity index (χ1v) is 7.20. The minimum atomic E-state index is -5.08. The molecule has 0 saturated carbocycles. The van der Waals surface area contributed by atoms with E-state index < -0.39 is 12.1 Å². The molecule has 3 rings (SSSR count). The van der Waals surface area contributed by atoms with Crippen LogP contribution in [0.1, 0.15) is 0 Å². The highest BCUT2D eigenvalue weighted by Crippen LogP contribution is 2.22. The van der Waals surface area contributed by atoms with Crippen molar-refractivity contribution in [3.63, 3.8) is 0 Å². The van der Waals surface area contributed by atoms with Crippen LogP contribution in [0.3, 0.4) is 0 Å². The summed E-state index contributed by atoms with van der Waals surface area (Å²) in [5.74, 6) is -2.28. The maximum Gasteiger partial charge on any atom is 0.490 e. The lowest BCUT2D eigenvalue weighted by atomic mass is 10.2. The highest BCUT2D eigenvalue weighted by molar-refractivity contribution is 5.98. The second-order valence-electron chi connectivity index (χ2n) is 5.00. The summed E-state index contributed by atoms with van der Waals surface area (Å²) in [6, 6.07) is 7.33. The van der Waals surface area contributed by atoms with Gasteiger partial charge in [0, 0.05) is 26.2 Å². The summed E-state index contributed by atoms with van der Waals surface area (Å²) < 4.78 is 36.9. The molecule has 0 unspecified atom stereocenters. The number of carbonyl (C=O) groups excluding carboxylic acids is 1. The van der Waals surface area contributed by atoms with Gasteiger partial charge in [-0.05, 0) is 12.1 Å². The molecule has 1 fully saturated rings. The number of hydrogen-bond acceptors (Lipinski definition) is 5. The summed E-state index contributed by atoms with van der Waals surface area (Å²) in [6.07, 6.45) is -5.08. The fourth-order valence-electron chi connectivity index (χ4n) is 2.02. The molecule has 0 aliphatic carbocycles. The molecule has 0 spiro atoms. The smallest absolute Gasteiger partial charge is 0.475 e. The van der Waals surface area contributed by atoms with Crippen LogP contribution in [-0.2, 0) is 4.79 Å². The average molecular weight is 360 g/mol. The van der Waals surface area contributed by atoms with Gasteiger partial charge in [0.25, 0.3) is 0 Å². The Kier molecular flexibility index (Phi) is 5.80. The van der Waals surface area contributed by atoms with E-state index in [-0.39, 0.29) is 6.03 Å². The van der Waals surface area contributed by atoms with Gasteiger partial charge in [0.15, 0.2) is 11.4 Å². The lowest BCUT2D eigenvalue weighted by molar-refractivity contribution is -0.192. The summed E-state index contributed by atoms with van der Waals surface area (Å²) >= 11 is 0. The molecule has 2 aromatic rings. The van der Waals surface area contributed by atoms with Crippen molar-refractivity contribution in [2.24, 2.45) is 0 Å². The monoisotopic (exact) mass is 360 g/mol. The summed E-state index contributed by atoms with van der Waals surface area (Å²) in [5.41, 5.74) is 0.674. The van der Waals surface area contributed by atoms with Gasteiger partial charge in [-0.15, -0.1) is 0 Å². The number of fused-ring (bicyclic) bond motifs is 1. The van der Waals surface area contributed by atoms with Gasteiger partial charge in [-0.3, -0.25) is 5.32 Å². The first kappa shape index (κ1) is 18.5. The molecule has 2 heterocycles. The van der Waals surface area contributed by atoms with E-state index in [1.807, 2.05) is 24.3 Å². The number of alkyl halides is 3. The maximum atomic E-state index is 12.0. The number of anilines is 1. The normalized spacial score (nSPS) is 14.6. The molecule has 1 aromatic heterocycles. The number of urea groups is 1. The average Bonchev–Trinajstić information content (AvgIpc) is 2.98. The van der Waals surface area contributed by atoms with Crippen molar-refractivity contribution < 1.29 is 32.4 Å². The van der Waals surface area contributed by atoms with Gasteiger partial charge in [-0.25, -0.2) is 9.59 Å². The first-order chi connectivity index (χ1) is 11.8. The first-order valence-electron chi connectivity index (χ1n) is 7.20. The van der Waals surface area contributed by atoms with Crippen LogP contribution < -0.4 is 10.6 Å². The molecule has 0 bridgehead atoms. The van der Waals surface area contributed by atoms with Crippen molar-refractivity contribution in [3.8, 4) is 0 Å². The number of piperazine rings is 1. The Balaban J connectivity index is 0.000000277. The standard InChI is InChI=1S/C12H14N4O2.C2HF3O2/c17-12(16-7-5-13-6-8-16)14-11-9-3-1-2-4-10(9)18-15-11;3-2(4,5)1(6)7/h1-4,13H,5-8H2,(H,14,15,17);(H,6,7). The topological polar surface area (TPSA) is 108 Å². The number of nitrogens with one attached hydrogen (secondary N) is 2. The molecule has 1 aliphatic heterocycles. The van der Waals surface area contributed by atoms with Gasteiger partial charge < -0.3 is 19.8 Å². The minimum absolute atomic E-state index is 0.129. The minimum Gasteiger partial charge on any atom is -0.475 e. The number of aromatic nitrogens is 1. The van der Waals surface area contributed by atoms with Crippen LogP contribution >= 0.6 is 0 Å². The molecule has 11 heteroatoms. The number of rotatable bonds is 1. The van der Waals surface area contributed by atoms with E-state index in [0.717, 1.165) is 18.5 Å². The molecule has 1 saturated heterocycles. The van der Waals surface area contributed by atoms with Crippen molar-refractivity contribution >= 4 is 28.8 Å². The van der Waals surface area contributed by atoms with Crippen LogP contribution in [0.25, 0.3) is 11.0 Å². The summed E-state index contributed by atoms with van der Waals surface area (Å²) in [7, 11) is 0. The number of aliphatic carboxylic acids is 1. The molecule has 25 heavy (non-hydrogen) atoms. The van der Waals surface area contributed by atoms with E-state index in [0.29, 0.717) is 24.5 Å². The largest absolute Gasteiger partial charge is 0.490 e. The van der Waals surface area contributed by atoms with Gasteiger partial charge in [-0.1, -0.05) is 17.3 Å². The van der Waals surface area contributed by atoms with Crippen molar-refractivity contribution in [1.82, 2.24) is 15.4 Å². The molecular weight excluding hydrogens is 345 g/mol. The van der Waals surface area contributed by atoms with Crippen molar-refractivity contribution in [2.45, 2.75) is 6.18 Å². The number of carboxylic acids is 1. The molecular formula is C14H15F3N4O4. The molecule has 0 radical (unpaired) electrons. The van der Waals surface area contributed by atoms with E-state index >= 15 is 0 Å². The fourth-order valence-corrected chi connectivity index (χ4v) is 2.02. The van der Waals surface area contributed by atoms with Crippen molar-refractivity contribution in [1.29, 1.82) is 0 Å². The van der Waals surface area contributed by atoms with Crippen LogP contribution in [0.2, 0.25) is 0 Å². The second-order valence-corrected chi connectivity index (χ2v) is 5.00. The highest BCUT2D eigenvalue weighted by atomic mass is 19.4. The summed E-state index contributed by atoms with van der Waals surface area (Å²) in [5, 5.41) is 17.8. The lowest BCUT2D eigenvalue weighted by Crippen LogP contribution is -2.48. The van der Waals surface area contributed by atoms with Crippen LogP contribution in [0.5, 0.6) is 0 Å². The van der Waals surface area contributed by atoms with Crippen LogP contribution in [0, 0.1) is 0 Å². The van der Waals surface area contributed by atoms with Gasteiger partial charge in [0.2, 0.25) is 0 Å². The quantitative estimate of drug-likeness (QED) is 0.717. The predicted octanol–water partition coefficient (Wildman–Crippen LogP) is 1.90. The van der Waals surface area contributed by atoms with E-state index in [9.17, 15) is 18.0 Å². The Morgan fingerprint density at radius 2 is 1.84 bits per heavy atom. The number of para-hydroxylation sites is 1. The molecule has 8 nitrogen and oxygen atoms in total. The molecule has 0 atom stereocenters. The zero-order valence-corrected chi connectivity index (χ0v) is 12.8. The molecule has 1 aromatic carbocycles. The number of nitrogens with zero attached hydrogens (tertiary/aromatic N) is 2. The van der Waals surface area contributed by atoms with Crippen LogP contribution in [-0.4, -0.2) is 59.5 Å². The number of carboxylic acid groups (broad SMARTS) is 1. The van der Waals surface area contributed by atoms with E-state index in [1.165, 1.54) is 0 Å². The van der Waals surface area contributed by atoms with Crippen molar-refractivity contribution in [3.05, 3.63) is 24.3 Å². The summed E-state index contributed by atoms with van der Waals surface area (Å²) in [6.45, 7) is 3.07. The Bertz CT molecular complexity index is 741. The maximum absolute atomic E-state index is 12.0. The Labute approximate surface area is 139 Å². The Hall–Kier alpha value is -2.82. The molecule has 1 aliphatic rings. The fraction of sp³-hybridized carbons (Fsp3) is 0.357. The van der Waals surface area contributed by atoms with Gasteiger partial charge in [0.1, 0.15) is 0 Å². The molecule has 3 N–H and O–H groups in total. The second kappa shape index (κ2) is 7.83. The lowest BCUT2D eigenvalue weighted by Gasteiger charge is -2.27. The van der Waals surface area contributed by atoms with Gasteiger partial charge in [-0.2, -0.15) is 13.2 Å². The third-order valence-electron chi connectivity index (χ3n) is 3.25. The number of benzene rings is 1. The van der Waals surface area contributed by atoms with E-state index in [4.69, 9.17) is 14.4 Å². The molecule has 2 amide bonds. The predicted molar refractivity (Wildman–Crippen MR) is 81.2 cm³/mol. The van der Waals surface area contributed by atoms with Gasteiger partial charge in [0.05, 0.1) is 5.39 Å². The third-order valence-corrected chi connectivity index (χ3v) is 3.25. The van der Waals surface area contributed by atoms with E-state index in [1.54, 1.807) is 4.90 Å². The highest BCUT2D eigenvalue weighted by Gasteiger charge is 2.38. The number of amides is 2. The zero-order valence-electron chi connectivity index (χ0n) is 12.8. The van der Waals surface area contributed by atoms with Crippen molar-refractivity contribution in [2.75, 3.05) is 31.5 Å². The van der Waals surface area contributed by atoms with Crippen LogP contribution in [0.4, 0.5) is 23.8 Å². The third kappa shape index (κ3) is 5.08. The zero-order chi connectivity index (χ0) is 18.4. The summed E-state index contributed by atoms with van der Waals surface area (Å²) in [4.78, 5) is 22.7. The molecule has 136 valence electrons.